The zero-order chi connectivity index (χ0) is 42.0. The van der Waals surface area contributed by atoms with Crippen molar-refractivity contribution in [2.75, 3.05) is 9.80 Å². The summed E-state index contributed by atoms with van der Waals surface area (Å²) >= 11 is 0. The van der Waals surface area contributed by atoms with E-state index in [0.717, 1.165) is 0 Å². The monoisotopic (exact) mass is 854 g/mol. The summed E-state index contributed by atoms with van der Waals surface area (Å²) in [5.74, 6) is 0. The Balaban J connectivity index is 1.06. The first-order valence-corrected chi connectivity index (χ1v) is 28.8. The minimum atomic E-state index is -1.91. The maximum atomic E-state index is 2.62. The molecule has 308 valence electrons. The molecule has 4 heterocycles. The van der Waals surface area contributed by atoms with Gasteiger partial charge >= 0.3 is 0 Å². The Kier molecular flexibility index (Phi) is 8.09. The van der Waals surface area contributed by atoms with Crippen molar-refractivity contribution in [2.24, 2.45) is 0 Å². The van der Waals surface area contributed by atoms with Gasteiger partial charge in [-0.2, -0.15) is 0 Å². The van der Waals surface area contributed by atoms with Gasteiger partial charge in [0.25, 0.3) is 0 Å². The summed E-state index contributed by atoms with van der Waals surface area (Å²) in [5, 5.41) is 19.7. The molecule has 0 aliphatic carbocycles. The maximum Gasteiger partial charge on any atom is 0.123 e. The number of fused-ring (bicyclic) bond motifs is 19. The van der Waals surface area contributed by atoms with Crippen molar-refractivity contribution in [1.29, 1.82) is 0 Å². The lowest BCUT2D eigenvalue weighted by Crippen LogP contribution is -2.63. The number of rotatable bonds is 2. The highest BCUT2D eigenvalue weighted by molar-refractivity contribution is 7.05. The number of hydrogen-bond acceptors (Lipinski definition) is 2. The van der Waals surface area contributed by atoms with E-state index in [-0.39, 0.29) is 0 Å². The van der Waals surface area contributed by atoms with Gasteiger partial charge in [-0.1, -0.05) is 172 Å². The van der Waals surface area contributed by atoms with Gasteiger partial charge in [0.15, 0.2) is 0 Å². The van der Waals surface area contributed by atoms with Gasteiger partial charge in [0, 0.05) is 34.1 Å². The number of nitrogens with zero attached hydrogens (tertiary/aromatic N) is 2. The Hall–Kier alpha value is -6.47. The van der Waals surface area contributed by atoms with Crippen LogP contribution >= 0.6 is 0 Å². The maximum absolute atomic E-state index is 2.62. The second kappa shape index (κ2) is 14.0. The standard InChI is InChI=1S/C60H50N2Si2/c1-15-35-63(36-16-1)55-27-11-7-23-51(55)61(52-24-8-12-28-56(52)63)41-31-33-45-43-19-3-6-22-48(43)60-50-40-42(32-34-46(50)44-20-4-5-21-47(44)59(60)49(45)39-41)62-53-25-9-13-29-57(53)64(37-17-2-18-38-64)58-30-14-10-26-54(58)62/h3-14,19-34,39-40H,1-2,15-18,35-38H2. The average Bonchev–Trinajstić information content (AvgIpc) is 3.37. The number of para-hydroxylation sites is 4. The predicted octanol–water partition coefficient (Wildman–Crippen LogP) is 14.5. The summed E-state index contributed by atoms with van der Waals surface area (Å²) in [4.78, 5) is 5.24. The molecule has 2 spiro atoms. The van der Waals surface area contributed by atoms with Gasteiger partial charge in [-0.05, 0) is 147 Å². The molecule has 2 nitrogen and oxygen atoms in total. The van der Waals surface area contributed by atoms with Crippen LogP contribution in [-0.2, 0) is 0 Å². The van der Waals surface area contributed by atoms with Crippen LogP contribution in [0.4, 0.5) is 34.1 Å². The van der Waals surface area contributed by atoms with E-state index in [1.165, 1.54) is 151 Å². The van der Waals surface area contributed by atoms with E-state index < -0.39 is 16.1 Å². The van der Waals surface area contributed by atoms with Crippen molar-refractivity contribution in [2.45, 2.75) is 62.7 Å². The normalized spacial score (nSPS) is 17.2. The smallest absolute Gasteiger partial charge is 0.123 e. The number of anilines is 6. The minimum absolute atomic E-state index is 1.24. The van der Waals surface area contributed by atoms with Crippen molar-refractivity contribution in [3.63, 3.8) is 0 Å². The lowest BCUT2D eigenvalue weighted by molar-refractivity contribution is 0.720. The van der Waals surface area contributed by atoms with Gasteiger partial charge < -0.3 is 9.80 Å². The summed E-state index contributed by atoms with van der Waals surface area (Å²) < 4.78 is 0. The van der Waals surface area contributed by atoms with E-state index in [4.69, 9.17) is 0 Å². The zero-order valence-corrected chi connectivity index (χ0v) is 38.3. The molecule has 0 radical (unpaired) electrons. The van der Waals surface area contributed by atoms with Crippen LogP contribution in [0.1, 0.15) is 38.5 Å². The summed E-state index contributed by atoms with van der Waals surface area (Å²) in [6, 6.07) is 76.5. The molecule has 0 saturated carbocycles. The molecule has 2 saturated heterocycles. The molecule has 10 aromatic rings. The predicted molar refractivity (Wildman–Crippen MR) is 280 cm³/mol. The second-order valence-corrected chi connectivity index (χ2v) is 27.8. The van der Waals surface area contributed by atoms with Gasteiger partial charge in [0.2, 0.25) is 0 Å². The van der Waals surface area contributed by atoms with E-state index in [1.54, 1.807) is 20.7 Å². The van der Waals surface area contributed by atoms with Crippen LogP contribution in [0.3, 0.4) is 0 Å². The molecule has 14 rings (SSSR count). The topological polar surface area (TPSA) is 6.48 Å². The third kappa shape index (κ3) is 5.01. The molecule has 64 heavy (non-hydrogen) atoms. The number of hydrogen-bond donors (Lipinski definition) is 0. The lowest BCUT2D eigenvalue weighted by Gasteiger charge is -2.46. The molecule has 2 fully saturated rings. The zero-order valence-electron chi connectivity index (χ0n) is 36.3. The van der Waals surface area contributed by atoms with Crippen LogP contribution < -0.4 is 30.5 Å². The summed E-state index contributed by atoms with van der Waals surface area (Å²) in [6.45, 7) is 0. The van der Waals surface area contributed by atoms with Crippen LogP contribution in [0, 0.1) is 0 Å². The van der Waals surface area contributed by atoms with Crippen molar-refractivity contribution < 1.29 is 0 Å². The summed E-state index contributed by atoms with van der Waals surface area (Å²) in [5.41, 5.74) is 8.03. The van der Waals surface area contributed by atoms with Crippen molar-refractivity contribution >= 4 is 125 Å². The van der Waals surface area contributed by atoms with Crippen LogP contribution in [0.5, 0.6) is 0 Å². The van der Waals surface area contributed by atoms with Crippen LogP contribution in [0.25, 0.3) is 53.9 Å². The summed E-state index contributed by atoms with van der Waals surface area (Å²) in [7, 11) is -3.81. The Morgan fingerprint density at radius 1 is 0.266 bits per heavy atom. The molecule has 4 heteroatoms. The molecule has 0 bridgehead atoms. The molecular weight excluding hydrogens is 805 g/mol. The van der Waals surface area contributed by atoms with Gasteiger partial charge in [-0.3, -0.25) is 0 Å². The highest BCUT2D eigenvalue weighted by Crippen LogP contribution is 2.50. The molecule has 0 atom stereocenters. The van der Waals surface area contributed by atoms with E-state index in [9.17, 15) is 0 Å². The van der Waals surface area contributed by atoms with E-state index in [0.29, 0.717) is 0 Å². The fourth-order valence-electron chi connectivity index (χ4n) is 13.7. The fourth-order valence-corrected chi connectivity index (χ4v) is 24.8. The van der Waals surface area contributed by atoms with Crippen molar-refractivity contribution in [3.8, 4) is 0 Å². The Labute approximate surface area is 377 Å². The Morgan fingerprint density at radius 3 is 0.922 bits per heavy atom. The van der Waals surface area contributed by atoms with E-state index in [2.05, 4.69) is 192 Å². The van der Waals surface area contributed by atoms with E-state index in [1.807, 2.05) is 0 Å². The lowest BCUT2D eigenvalue weighted by atomic mass is 9.86. The quantitative estimate of drug-likeness (QED) is 0.126. The van der Waals surface area contributed by atoms with Gasteiger partial charge in [-0.25, -0.2) is 0 Å². The van der Waals surface area contributed by atoms with Gasteiger partial charge in [-0.15, -0.1) is 0 Å². The van der Waals surface area contributed by atoms with Crippen LogP contribution in [0.15, 0.2) is 182 Å². The van der Waals surface area contributed by atoms with Crippen LogP contribution in [-0.4, -0.2) is 16.1 Å². The highest BCUT2D eigenvalue weighted by atomic mass is 28.3. The molecule has 4 aliphatic rings. The first-order chi connectivity index (χ1) is 31.7. The Morgan fingerprint density at radius 2 is 0.562 bits per heavy atom. The van der Waals surface area contributed by atoms with Gasteiger partial charge in [0.05, 0.1) is 0 Å². The molecule has 0 N–H and O–H groups in total. The number of benzene rings is 10. The fraction of sp³-hybridized carbons (Fsp3) is 0.167. The molecule has 0 amide bonds. The van der Waals surface area contributed by atoms with Gasteiger partial charge in [0.1, 0.15) is 16.1 Å². The van der Waals surface area contributed by atoms with Crippen molar-refractivity contribution in [1.82, 2.24) is 0 Å². The molecule has 10 aromatic carbocycles. The van der Waals surface area contributed by atoms with Crippen LogP contribution in [0.2, 0.25) is 24.2 Å². The highest BCUT2D eigenvalue weighted by Gasteiger charge is 2.47. The Bertz CT molecular complexity index is 3230. The molecular formula is C60H50N2Si2. The second-order valence-electron chi connectivity index (χ2n) is 19.3. The van der Waals surface area contributed by atoms with Crippen molar-refractivity contribution in [3.05, 3.63) is 182 Å². The molecule has 4 aliphatic heterocycles. The molecule has 0 aromatic heterocycles. The average molecular weight is 855 g/mol. The third-order valence-electron chi connectivity index (χ3n) is 16.3. The SMILES string of the molecule is c1ccc2c(c1)N(c1ccc3c4ccccc4c4c5cc(N6c7ccccc7[Si]7(CCCCC7)c7ccccc76)ccc5c5ccccc5c4c3c1)c1ccccc1[Si]21CCCCC1. The first kappa shape index (κ1) is 37.0. The molecule has 0 unspecified atom stereocenters. The van der Waals surface area contributed by atoms with E-state index >= 15 is 0 Å². The first-order valence-electron chi connectivity index (χ1n) is 23.9. The third-order valence-corrected chi connectivity index (χ3v) is 27.0. The largest absolute Gasteiger partial charge is 0.311 e. The summed E-state index contributed by atoms with van der Waals surface area (Å²) in [6.07, 6.45) is 8.08. The minimum Gasteiger partial charge on any atom is -0.311 e.